The molecule has 0 radical (unpaired) electrons. The number of imidazole rings is 1. The number of rotatable bonds is 5. The second-order valence-corrected chi connectivity index (χ2v) is 7.63. The molecule has 0 bridgehead atoms. The Balaban J connectivity index is 0.00000272. The smallest absolute Gasteiger partial charge is 0.194 e. The van der Waals surface area contributed by atoms with Crippen molar-refractivity contribution in [3.05, 3.63) is 83.9 Å². The van der Waals surface area contributed by atoms with Crippen molar-refractivity contribution < 1.29 is 0 Å². The van der Waals surface area contributed by atoms with Gasteiger partial charge < -0.3 is 19.7 Å². The van der Waals surface area contributed by atoms with Gasteiger partial charge in [0, 0.05) is 64.4 Å². The monoisotopic (exact) mass is 530 g/mol. The predicted octanol–water partition coefficient (Wildman–Crippen LogP) is 3.76. The van der Waals surface area contributed by atoms with Crippen molar-refractivity contribution in [3.63, 3.8) is 0 Å². The van der Waals surface area contributed by atoms with E-state index in [0.717, 1.165) is 51.1 Å². The number of hydrogen-bond acceptors (Lipinski definition) is 3. The third kappa shape index (κ3) is 6.00. The first-order valence-corrected chi connectivity index (χ1v) is 10.5. The van der Waals surface area contributed by atoms with E-state index < -0.39 is 0 Å². The average Bonchev–Trinajstić information content (AvgIpc) is 3.20. The molecule has 1 aromatic heterocycles. The maximum Gasteiger partial charge on any atom is 0.194 e. The van der Waals surface area contributed by atoms with Crippen LogP contribution in [0.4, 0.5) is 5.69 Å². The topological polar surface area (TPSA) is 48.7 Å². The minimum Gasteiger partial charge on any atom is -0.368 e. The highest BCUT2D eigenvalue weighted by atomic mass is 127. The molecule has 0 saturated carbocycles. The van der Waals surface area contributed by atoms with Crippen molar-refractivity contribution in [2.45, 2.75) is 20.0 Å². The molecule has 7 heteroatoms. The number of nitrogens with zero attached hydrogens (tertiary/aromatic N) is 5. The van der Waals surface area contributed by atoms with Crippen LogP contribution in [0.1, 0.15) is 17.0 Å². The Labute approximate surface area is 202 Å². The molecule has 4 rings (SSSR count). The molecule has 1 saturated heterocycles. The first-order valence-electron chi connectivity index (χ1n) is 10.5. The molecule has 0 amide bonds. The molecule has 164 valence electrons. The largest absolute Gasteiger partial charge is 0.368 e. The van der Waals surface area contributed by atoms with E-state index in [9.17, 15) is 0 Å². The molecule has 0 aliphatic carbocycles. The normalized spacial score (nSPS) is 14.3. The van der Waals surface area contributed by atoms with Crippen molar-refractivity contribution in [2.75, 3.05) is 38.1 Å². The number of anilines is 1. The third-order valence-corrected chi connectivity index (χ3v) is 5.63. The van der Waals surface area contributed by atoms with E-state index >= 15 is 0 Å². The third-order valence-electron chi connectivity index (χ3n) is 5.63. The van der Waals surface area contributed by atoms with Crippen molar-refractivity contribution in [1.82, 2.24) is 19.8 Å². The summed E-state index contributed by atoms with van der Waals surface area (Å²) in [6, 6.07) is 19.3. The fourth-order valence-electron chi connectivity index (χ4n) is 3.93. The minimum absolute atomic E-state index is 0. The Bertz CT molecular complexity index is 976. The lowest BCUT2D eigenvalue weighted by atomic mass is 10.1. The van der Waals surface area contributed by atoms with Crippen LogP contribution < -0.4 is 10.2 Å². The van der Waals surface area contributed by atoms with Gasteiger partial charge in [0.2, 0.25) is 0 Å². The molecule has 1 N–H and O–H groups in total. The lowest BCUT2D eigenvalue weighted by molar-refractivity contribution is 0.372. The number of benzene rings is 2. The maximum atomic E-state index is 4.52. The summed E-state index contributed by atoms with van der Waals surface area (Å²) >= 11 is 0. The first kappa shape index (κ1) is 23.1. The van der Waals surface area contributed by atoms with Crippen molar-refractivity contribution in [3.8, 4) is 0 Å². The summed E-state index contributed by atoms with van der Waals surface area (Å²) < 4.78 is 2.16. The van der Waals surface area contributed by atoms with Crippen molar-refractivity contribution in [2.24, 2.45) is 4.99 Å². The quantitative estimate of drug-likeness (QED) is 0.310. The highest BCUT2D eigenvalue weighted by Crippen LogP contribution is 2.16. The Hall–Kier alpha value is -2.55. The molecule has 1 aliphatic heterocycles. The van der Waals surface area contributed by atoms with E-state index in [-0.39, 0.29) is 24.0 Å². The second kappa shape index (κ2) is 11.2. The molecule has 0 unspecified atom stereocenters. The van der Waals surface area contributed by atoms with Crippen LogP contribution in [0, 0.1) is 6.92 Å². The zero-order chi connectivity index (χ0) is 20.8. The van der Waals surface area contributed by atoms with Gasteiger partial charge in [0.15, 0.2) is 5.96 Å². The van der Waals surface area contributed by atoms with Crippen LogP contribution in [0.5, 0.6) is 0 Å². The van der Waals surface area contributed by atoms with Crippen molar-refractivity contribution in [1.29, 1.82) is 0 Å². The highest BCUT2D eigenvalue weighted by Gasteiger charge is 2.19. The number of piperazine rings is 1. The fourth-order valence-corrected chi connectivity index (χ4v) is 3.93. The molecule has 6 nitrogen and oxygen atoms in total. The number of nitrogens with one attached hydrogen (secondary N) is 1. The zero-order valence-corrected chi connectivity index (χ0v) is 20.6. The number of guanidine groups is 1. The lowest BCUT2D eigenvalue weighted by Gasteiger charge is -2.37. The minimum atomic E-state index is 0. The molecule has 0 spiro atoms. The van der Waals surface area contributed by atoms with E-state index in [2.05, 4.69) is 84.3 Å². The van der Waals surface area contributed by atoms with Crippen LogP contribution in [0.25, 0.3) is 0 Å². The molecule has 1 aliphatic rings. The maximum absolute atomic E-state index is 4.52. The highest BCUT2D eigenvalue weighted by molar-refractivity contribution is 14.0. The standard InChI is InChI=1S/C24H30N6.HI/c1-20-26-11-12-30(20)19-22-8-6-7-21(17-22)18-27-24(25-2)29-15-13-28(14-16-29)23-9-4-3-5-10-23;/h3-12,17H,13-16,18-19H2,1-2H3,(H,25,27);1H. The zero-order valence-electron chi connectivity index (χ0n) is 18.2. The molecule has 2 heterocycles. The van der Waals surface area contributed by atoms with Crippen LogP contribution in [0.3, 0.4) is 0 Å². The predicted molar refractivity (Wildman–Crippen MR) is 138 cm³/mol. The van der Waals surface area contributed by atoms with Crippen LogP contribution in [0.2, 0.25) is 0 Å². The number of para-hydroxylation sites is 1. The number of hydrogen-bond donors (Lipinski definition) is 1. The van der Waals surface area contributed by atoms with Gasteiger partial charge in [-0.25, -0.2) is 4.98 Å². The Morgan fingerprint density at radius 3 is 2.42 bits per heavy atom. The van der Waals surface area contributed by atoms with Gasteiger partial charge in [0.05, 0.1) is 0 Å². The Kier molecular flexibility index (Phi) is 8.34. The summed E-state index contributed by atoms with van der Waals surface area (Å²) in [6.07, 6.45) is 3.87. The molecule has 0 atom stereocenters. The van der Waals surface area contributed by atoms with Gasteiger partial charge in [-0.05, 0) is 30.2 Å². The number of aryl methyl sites for hydroxylation is 1. The second-order valence-electron chi connectivity index (χ2n) is 7.63. The molecule has 31 heavy (non-hydrogen) atoms. The van der Waals surface area contributed by atoms with Gasteiger partial charge in [-0.2, -0.15) is 0 Å². The molecular weight excluding hydrogens is 499 g/mol. The molecule has 1 fully saturated rings. The molecular formula is C24H31IN6. The molecule has 2 aromatic carbocycles. The number of aromatic nitrogens is 2. The van der Waals surface area contributed by atoms with Crippen LogP contribution in [0.15, 0.2) is 72.0 Å². The number of halogens is 1. The fraction of sp³-hybridized carbons (Fsp3) is 0.333. The SMILES string of the molecule is CN=C(NCc1cccc(Cn2ccnc2C)c1)N1CCN(c2ccccc2)CC1.I. The summed E-state index contributed by atoms with van der Waals surface area (Å²) in [5, 5.41) is 3.55. The van der Waals surface area contributed by atoms with Crippen LogP contribution in [-0.2, 0) is 13.1 Å². The van der Waals surface area contributed by atoms with E-state index in [1.165, 1.54) is 16.8 Å². The Morgan fingerprint density at radius 1 is 1.00 bits per heavy atom. The van der Waals surface area contributed by atoms with E-state index in [0.29, 0.717) is 0 Å². The van der Waals surface area contributed by atoms with Gasteiger partial charge >= 0.3 is 0 Å². The van der Waals surface area contributed by atoms with Crippen molar-refractivity contribution >= 4 is 35.6 Å². The van der Waals surface area contributed by atoms with Gasteiger partial charge in [-0.1, -0.05) is 42.5 Å². The summed E-state index contributed by atoms with van der Waals surface area (Å²) in [4.78, 5) is 13.6. The van der Waals surface area contributed by atoms with Gasteiger partial charge in [0.1, 0.15) is 5.82 Å². The van der Waals surface area contributed by atoms with Gasteiger partial charge in [-0.15, -0.1) is 24.0 Å². The van der Waals surface area contributed by atoms with E-state index in [1.807, 2.05) is 26.4 Å². The first-order chi connectivity index (χ1) is 14.7. The van der Waals surface area contributed by atoms with Crippen LogP contribution in [-0.4, -0.2) is 53.6 Å². The van der Waals surface area contributed by atoms with Gasteiger partial charge in [-0.3, -0.25) is 4.99 Å². The van der Waals surface area contributed by atoms with E-state index in [4.69, 9.17) is 0 Å². The van der Waals surface area contributed by atoms with E-state index in [1.54, 1.807) is 0 Å². The summed E-state index contributed by atoms with van der Waals surface area (Å²) in [5.41, 5.74) is 3.83. The Morgan fingerprint density at radius 2 is 1.74 bits per heavy atom. The molecule has 3 aromatic rings. The summed E-state index contributed by atoms with van der Waals surface area (Å²) in [6.45, 7) is 7.59. The van der Waals surface area contributed by atoms with Crippen LogP contribution >= 0.6 is 24.0 Å². The summed E-state index contributed by atoms with van der Waals surface area (Å²) in [5.74, 6) is 2.01. The number of aliphatic imine (C=N–C) groups is 1. The average molecular weight is 530 g/mol. The lowest BCUT2D eigenvalue weighted by Crippen LogP contribution is -2.52. The van der Waals surface area contributed by atoms with Gasteiger partial charge in [0.25, 0.3) is 0 Å². The summed E-state index contributed by atoms with van der Waals surface area (Å²) in [7, 11) is 1.87.